The van der Waals surface area contributed by atoms with Crippen molar-refractivity contribution in [2.75, 3.05) is 6.61 Å². The number of rotatable bonds is 4. The molecule has 0 fully saturated rings. The Labute approximate surface area is 98.8 Å². The first kappa shape index (κ1) is 13.8. The van der Waals surface area contributed by atoms with Crippen LogP contribution in [0.5, 0.6) is 5.88 Å². The summed E-state index contributed by atoms with van der Waals surface area (Å²) in [5.74, 6) is 0.0151. The van der Waals surface area contributed by atoms with E-state index in [-0.39, 0.29) is 11.3 Å². The Bertz CT molecular complexity index is 374. The molecule has 2 nitrogen and oxygen atoms in total. The van der Waals surface area contributed by atoms with Crippen molar-refractivity contribution in [2.24, 2.45) is 0 Å². The molecular weight excluding hydrogens is 231 g/mol. The van der Waals surface area contributed by atoms with Crippen LogP contribution in [0.2, 0.25) is 0 Å². The summed E-state index contributed by atoms with van der Waals surface area (Å²) in [5, 5.41) is 0. The molecule has 0 N–H and O–H groups in total. The molecule has 1 heterocycles. The number of pyridine rings is 1. The second-order valence-electron chi connectivity index (χ2n) is 4.50. The fourth-order valence-electron chi connectivity index (χ4n) is 1.21. The molecule has 96 valence electrons. The summed E-state index contributed by atoms with van der Waals surface area (Å²) in [6, 6.07) is 4.89. The summed E-state index contributed by atoms with van der Waals surface area (Å²) < 4.78 is 40.6. The number of halogens is 3. The molecule has 0 saturated heterocycles. The number of hydrogen-bond acceptors (Lipinski definition) is 2. The molecular formula is C12H16F3NO. The van der Waals surface area contributed by atoms with Crippen LogP contribution in [0, 0.1) is 0 Å². The van der Waals surface area contributed by atoms with Crippen molar-refractivity contribution in [1.82, 2.24) is 4.98 Å². The Morgan fingerprint density at radius 3 is 2.41 bits per heavy atom. The topological polar surface area (TPSA) is 22.1 Å². The van der Waals surface area contributed by atoms with E-state index in [1.807, 2.05) is 20.8 Å². The lowest BCUT2D eigenvalue weighted by atomic mass is 9.86. The van der Waals surface area contributed by atoms with Crippen molar-refractivity contribution in [3.05, 3.63) is 23.9 Å². The maximum Gasteiger partial charge on any atom is 0.422 e. The van der Waals surface area contributed by atoms with Gasteiger partial charge in [-0.25, -0.2) is 4.98 Å². The summed E-state index contributed by atoms with van der Waals surface area (Å²) in [4.78, 5) is 4.10. The summed E-state index contributed by atoms with van der Waals surface area (Å²) in [6.45, 7) is 4.67. The minimum Gasteiger partial charge on any atom is -0.468 e. The Morgan fingerprint density at radius 1 is 1.24 bits per heavy atom. The minimum absolute atomic E-state index is 0.0151. The van der Waals surface area contributed by atoms with E-state index in [1.165, 1.54) is 6.07 Å². The molecule has 5 heteroatoms. The van der Waals surface area contributed by atoms with Crippen LogP contribution in [-0.2, 0) is 5.41 Å². The lowest BCUT2D eigenvalue weighted by Gasteiger charge is -2.22. The molecule has 0 atom stereocenters. The fourth-order valence-corrected chi connectivity index (χ4v) is 1.21. The van der Waals surface area contributed by atoms with Crippen LogP contribution in [0.25, 0.3) is 0 Å². The highest BCUT2D eigenvalue weighted by Crippen LogP contribution is 2.26. The maximum atomic E-state index is 12.0. The SMILES string of the molecule is CCC(C)(C)c1cccc(OCC(F)(F)F)n1. The standard InChI is InChI=1S/C12H16F3NO/c1-4-11(2,3)9-6-5-7-10(16-9)17-8-12(13,14)15/h5-7H,4,8H2,1-3H3. The predicted molar refractivity (Wildman–Crippen MR) is 59.1 cm³/mol. The van der Waals surface area contributed by atoms with Gasteiger partial charge in [0.2, 0.25) is 5.88 Å². The van der Waals surface area contributed by atoms with Gasteiger partial charge >= 0.3 is 6.18 Å². The summed E-state index contributed by atoms with van der Waals surface area (Å²) in [6.07, 6.45) is -3.49. The van der Waals surface area contributed by atoms with Crippen LogP contribution in [0.15, 0.2) is 18.2 Å². The van der Waals surface area contributed by atoms with Gasteiger partial charge in [-0.3, -0.25) is 0 Å². The third-order valence-electron chi connectivity index (χ3n) is 2.68. The first-order valence-corrected chi connectivity index (χ1v) is 5.42. The lowest BCUT2D eigenvalue weighted by molar-refractivity contribution is -0.154. The zero-order valence-electron chi connectivity index (χ0n) is 10.1. The Balaban J connectivity index is 2.80. The molecule has 1 aromatic rings. The lowest BCUT2D eigenvalue weighted by Crippen LogP contribution is -2.21. The van der Waals surface area contributed by atoms with Gasteiger partial charge in [-0.2, -0.15) is 13.2 Å². The molecule has 0 aliphatic rings. The highest BCUT2D eigenvalue weighted by atomic mass is 19.4. The average molecular weight is 247 g/mol. The largest absolute Gasteiger partial charge is 0.468 e. The van der Waals surface area contributed by atoms with Gasteiger partial charge in [-0.15, -0.1) is 0 Å². The van der Waals surface area contributed by atoms with Crippen molar-refractivity contribution < 1.29 is 17.9 Å². The van der Waals surface area contributed by atoms with E-state index in [9.17, 15) is 13.2 Å². The van der Waals surface area contributed by atoms with Crippen molar-refractivity contribution in [1.29, 1.82) is 0 Å². The van der Waals surface area contributed by atoms with Gasteiger partial charge in [-0.1, -0.05) is 26.8 Å². The second kappa shape index (κ2) is 4.94. The normalized spacial score (nSPS) is 12.6. The van der Waals surface area contributed by atoms with Gasteiger partial charge in [0.05, 0.1) is 5.69 Å². The highest BCUT2D eigenvalue weighted by molar-refractivity contribution is 5.21. The van der Waals surface area contributed by atoms with Crippen LogP contribution in [-0.4, -0.2) is 17.8 Å². The molecule has 0 aliphatic carbocycles. The number of nitrogens with zero attached hydrogens (tertiary/aromatic N) is 1. The van der Waals surface area contributed by atoms with Crippen LogP contribution >= 0.6 is 0 Å². The van der Waals surface area contributed by atoms with Crippen molar-refractivity contribution >= 4 is 0 Å². The summed E-state index contributed by atoms with van der Waals surface area (Å²) >= 11 is 0. The van der Waals surface area contributed by atoms with Crippen LogP contribution in [0.3, 0.4) is 0 Å². The number of alkyl halides is 3. The summed E-state index contributed by atoms with van der Waals surface area (Å²) in [5.41, 5.74) is 0.567. The van der Waals surface area contributed by atoms with Crippen molar-refractivity contribution in [2.45, 2.75) is 38.8 Å². The molecule has 0 aliphatic heterocycles. The number of hydrogen-bond donors (Lipinski definition) is 0. The van der Waals surface area contributed by atoms with E-state index in [4.69, 9.17) is 0 Å². The number of aromatic nitrogens is 1. The predicted octanol–water partition coefficient (Wildman–Crippen LogP) is 3.71. The maximum absolute atomic E-state index is 12.0. The average Bonchev–Trinajstić information content (AvgIpc) is 2.26. The number of ether oxygens (including phenoxy) is 1. The van der Waals surface area contributed by atoms with E-state index in [0.717, 1.165) is 12.1 Å². The molecule has 0 bridgehead atoms. The first-order valence-electron chi connectivity index (χ1n) is 5.42. The van der Waals surface area contributed by atoms with Crippen molar-refractivity contribution in [3.63, 3.8) is 0 Å². The highest BCUT2D eigenvalue weighted by Gasteiger charge is 2.29. The zero-order valence-corrected chi connectivity index (χ0v) is 10.1. The molecule has 0 radical (unpaired) electrons. The molecule has 0 unspecified atom stereocenters. The third kappa shape index (κ3) is 4.24. The molecule has 0 aromatic carbocycles. The molecule has 0 spiro atoms. The summed E-state index contributed by atoms with van der Waals surface area (Å²) in [7, 11) is 0. The van der Waals surface area contributed by atoms with Gasteiger partial charge in [0, 0.05) is 11.5 Å². The molecule has 0 saturated carbocycles. The quantitative estimate of drug-likeness (QED) is 0.809. The molecule has 1 aromatic heterocycles. The Morgan fingerprint density at radius 2 is 1.88 bits per heavy atom. The third-order valence-corrected chi connectivity index (χ3v) is 2.68. The van der Waals surface area contributed by atoms with E-state index < -0.39 is 12.8 Å². The first-order chi connectivity index (χ1) is 7.74. The van der Waals surface area contributed by atoms with Crippen LogP contribution in [0.4, 0.5) is 13.2 Å². The molecule has 0 amide bonds. The smallest absolute Gasteiger partial charge is 0.422 e. The van der Waals surface area contributed by atoms with Gasteiger partial charge in [0.1, 0.15) is 0 Å². The van der Waals surface area contributed by atoms with Crippen molar-refractivity contribution in [3.8, 4) is 5.88 Å². The van der Waals surface area contributed by atoms with E-state index >= 15 is 0 Å². The minimum atomic E-state index is -4.34. The zero-order chi connectivity index (χ0) is 13.1. The second-order valence-corrected chi connectivity index (χ2v) is 4.50. The molecule has 17 heavy (non-hydrogen) atoms. The van der Waals surface area contributed by atoms with Gasteiger partial charge in [0.25, 0.3) is 0 Å². The van der Waals surface area contributed by atoms with Gasteiger partial charge < -0.3 is 4.74 Å². The van der Waals surface area contributed by atoms with Crippen LogP contribution < -0.4 is 4.74 Å². The van der Waals surface area contributed by atoms with Crippen LogP contribution in [0.1, 0.15) is 32.9 Å². The van der Waals surface area contributed by atoms with E-state index in [1.54, 1.807) is 12.1 Å². The van der Waals surface area contributed by atoms with E-state index in [2.05, 4.69) is 9.72 Å². The Kier molecular flexibility index (Phi) is 4.01. The van der Waals surface area contributed by atoms with Gasteiger partial charge in [0.15, 0.2) is 6.61 Å². The van der Waals surface area contributed by atoms with Gasteiger partial charge in [-0.05, 0) is 12.5 Å². The van der Waals surface area contributed by atoms with E-state index in [0.29, 0.717) is 0 Å². The Hall–Kier alpha value is -1.26. The fraction of sp³-hybridized carbons (Fsp3) is 0.583. The molecule has 1 rings (SSSR count). The monoisotopic (exact) mass is 247 g/mol.